The molecule has 0 saturated heterocycles. The number of hydrogen-bond acceptors (Lipinski definition) is 5. The van der Waals surface area contributed by atoms with E-state index in [1.165, 1.54) is 7.11 Å². The number of hydrogen-bond donors (Lipinski definition) is 3. The van der Waals surface area contributed by atoms with Gasteiger partial charge < -0.3 is 25.6 Å². The zero-order chi connectivity index (χ0) is 14.5. The van der Waals surface area contributed by atoms with Crippen LogP contribution in [0.2, 0.25) is 0 Å². The summed E-state index contributed by atoms with van der Waals surface area (Å²) in [6.45, 7) is 0. The molecule has 2 rings (SSSR count). The molecular weight excluding hydrogens is 256 g/mol. The number of ether oxygens (including phenoxy) is 2. The molecule has 0 heterocycles. The number of nitrogen functional groups attached to an aromatic ring is 1. The van der Waals surface area contributed by atoms with Gasteiger partial charge in [-0.15, -0.1) is 0 Å². The van der Waals surface area contributed by atoms with Crippen molar-refractivity contribution < 1.29 is 14.6 Å². The average molecular weight is 274 g/mol. The van der Waals surface area contributed by atoms with E-state index < -0.39 is 6.29 Å². The van der Waals surface area contributed by atoms with Gasteiger partial charge in [0.25, 0.3) is 0 Å². The smallest absolute Gasteiger partial charge is 0.180 e. The highest BCUT2D eigenvalue weighted by Crippen LogP contribution is 2.27. The van der Waals surface area contributed by atoms with Crippen molar-refractivity contribution in [3.05, 3.63) is 48.0 Å². The number of methoxy groups -OCH3 is 2. The third kappa shape index (κ3) is 3.20. The largest absolute Gasteiger partial charge is 0.497 e. The molecule has 0 bridgehead atoms. The Morgan fingerprint density at radius 1 is 1.10 bits per heavy atom. The van der Waals surface area contributed by atoms with Crippen LogP contribution in [0.1, 0.15) is 11.9 Å². The summed E-state index contributed by atoms with van der Waals surface area (Å²) < 4.78 is 9.94. The third-order valence-electron chi connectivity index (χ3n) is 2.95. The van der Waals surface area contributed by atoms with Crippen LogP contribution >= 0.6 is 0 Å². The maximum atomic E-state index is 9.58. The van der Waals surface area contributed by atoms with Gasteiger partial charge in [-0.05, 0) is 36.4 Å². The summed E-state index contributed by atoms with van der Waals surface area (Å²) in [5.41, 5.74) is 8.78. The lowest BCUT2D eigenvalue weighted by molar-refractivity contribution is -0.0768. The first-order chi connectivity index (χ1) is 9.63. The van der Waals surface area contributed by atoms with Gasteiger partial charge in [0, 0.05) is 18.4 Å². The van der Waals surface area contributed by atoms with E-state index in [9.17, 15) is 5.11 Å². The van der Waals surface area contributed by atoms with Crippen LogP contribution in [0.5, 0.6) is 5.75 Å². The van der Waals surface area contributed by atoms with E-state index in [1.807, 2.05) is 24.3 Å². The van der Waals surface area contributed by atoms with Gasteiger partial charge >= 0.3 is 0 Å². The molecule has 0 spiro atoms. The Bertz CT molecular complexity index is 570. The number of aliphatic hydroxyl groups is 1. The molecule has 0 amide bonds. The van der Waals surface area contributed by atoms with Gasteiger partial charge in [0.1, 0.15) is 5.75 Å². The normalized spacial score (nSPS) is 11.9. The second-order valence-electron chi connectivity index (χ2n) is 4.29. The van der Waals surface area contributed by atoms with E-state index in [-0.39, 0.29) is 0 Å². The Morgan fingerprint density at radius 2 is 1.80 bits per heavy atom. The van der Waals surface area contributed by atoms with Crippen LogP contribution in [0.15, 0.2) is 42.5 Å². The van der Waals surface area contributed by atoms with Gasteiger partial charge in [0.05, 0.1) is 18.5 Å². The van der Waals surface area contributed by atoms with Crippen LogP contribution in [0, 0.1) is 0 Å². The van der Waals surface area contributed by atoms with Gasteiger partial charge in [-0.1, -0.05) is 6.07 Å². The lowest BCUT2D eigenvalue weighted by Crippen LogP contribution is -2.02. The van der Waals surface area contributed by atoms with Crippen molar-refractivity contribution in [1.29, 1.82) is 0 Å². The maximum absolute atomic E-state index is 9.58. The molecule has 0 aliphatic carbocycles. The van der Waals surface area contributed by atoms with Crippen LogP contribution in [-0.4, -0.2) is 19.3 Å². The molecule has 0 aliphatic heterocycles. The Morgan fingerprint density at radius 3 is 2.35 bits per heavy atom. The van der Waals surface area contributed by atoms with Crippen molar-refractivity contribution in [3.8, 4) is 5.75 Å². The fourth-order valence-corrected chi connectivity index (χ4v) is 1.81. The fraction of sp³-hybridized carbons (Fsp3) is 0.200. The standard InChI is InChI=1S/C15H18N2O3/c1-19-12-6-4-11(5-7-12)17-14-8-3-10(9-13(14)16)15(18)20-2/h3-9,15,17-18H,16H2,1-2H3. The number of anilines is 3. The Labute approximate surface area is 117 Å². The molecule has 5 heteroatoms. The molecule has 20 heavy (non-hydrogen) atoms. The van der Waals surface area contributed by atoms with Gasteiger partial charge in [0.2, 0.25) is 0 Å². The summed E-state index contributed by atoms with van der Waals surface area (Å²) in [7, 11) is 3.06. The molecular formula is C15H18N2O3. The lowest BCUT2D eigenvalue weighted by atomic mass is 10.1. The van der Waals surface area contributed by atoms with Gasteiger partial charge in [-0.2, -0.15) is 0 Å². The zero-order valence-corrected chi connectivity index (χ0v) is 11.5. The summed E-state index contributed by atoms with van der Waals surface area (Å²) in [4.78, 5) is 0. The van der Waals surface area contributed by atoms with Crippen LogP contribution in [0.25, 0.3) is 0 Å². The average Bonchev–Trinajstić information content (AvgIpc) is 2.49. The van der Waals surface area contributed by atoms with Crippen molar-refractivity contribution in [2.45, 2.75) is 6.29 Å². The minimum absolute atomic E-state index is 0.536. The summed E-state index contributed by atoms with van der Waals surface area (Å²) in [6, 6.07) is 12.8. The zero-order valence-electron chi connectivity index (χ0n) is 11.5. The Kier molecular flexibility index (Phi) is 4.45. The van der Waals surface area contributed by atoms with E-state index in [2.05, 4.69) is 5.32 Å². The van der Waals surface area contributed by atoms with E-state index in [0.29, 0.717) is 11.3 Å². The second kappa shape index (κ2) is 6.27. The molecule has 0 aromatic heterocycles. The van der Waals surface area contributed by atoms with E-state index in [4.69, 9.17) is 15.2 Å². The molecule has 0 aliphatic rings. The van der Waals surface area contributed by atoms with Crippen molar-refractivity contribution >= 4 is 17.1 Å². The van der Waals surface area contributed by atoms with Gasteiger partial charge in [0.15, 0.2) is 6.29 Å². The number of nitrogens with one attached hydrogen (secondary N) is 1. The Hall–Kier alpha value is -2.24. The second-order valence-corrected chi connectivity index (χ2v) is 4.29. The van der Waals surface area contributed by atoms with Gasteiger partial charge in [-0.25, -0.2) is 0 Å². The van der Waals surface area contributed by atoms with E-state index in [0.717, 1.165) is 17.1 Å². The van der Waals surface area contributed by atoms with Gasteiger partial charge in [-0.3, -0.25) is 0 Å². The lowest BCUT2D eigenvalue weighted by Gasteiger charge is -2.13. The minimum Gasteiger partial charge on any atom is -0.497 e. The van der Waals surface area contributed by atoms with Crippen molar-refractivity contribution in [3.63, 3.8) is 0 Å². The van der Waals surface area contributed by atoms with Crippen LogP contribution in [0.4, 0.5) is 17.1 Å². The van der Waals surface area contributed by atoms with E-state index >= 15 is 0 Å². The molecule has 5 nitrogen and oxygen atoms in total. The molecule has 4 N–H and O–H groups in total. The minimum atomic E-state index is -0.965. The first-order valence-electron chi connectivity index (χ1n) is 6.15. The topological polar surface area (TPSA) is 76.7 Å². The fourth-order valence-electron chi connectivity index (χ4n) is 1.81. The molecule has 1 unspecified atom stereocenters. The third-order valence-corrected chi connectivity index (χ3v) is 2.95. The van der Waals surface area contributed by atoms with Crippen molar-refractivity contribution in [2.75, 3.05) is 25.3 Å². The monoisotopic (exact) mass is 274 g/mol. The predicted molar refractivity (Wildman–Crippen MR) is 79.1 cm³/mol. The number of rotatable bonds is 5. The highest BCUT2D eigenvalue weighted by atomic mass is 16.6. The van der Waals surface area contributed by atoms with Crippen LogP contribution in [-0.2, 0) is 4.74 Å². The molecule has 106 valence electrons. The number of nitrogens with two attached hydrogens (primary N) is 1. The summed E-state index contributed by atoms with van der Waals surface area (Å²) >= 11 is 0. The number of benzene rings is 2. The molecule has 1 atom stereocenters. The molecule has 0 radical (unpaired) electrons. The summed E-state index contributed by atoms with van der Waals surface area (Å²) in [5, 5.41) is 12.8. The molecule has 0 fully saturated rings. The first kappa shape index (κ1) is 14.2. The first-order valence-corrected chi connectivity index (χ1v) is 6.15. The SMILES string of the molecule is COc1ccc(Nc2ccc(C(O)OC)cc2N)cc1. The summed E-state index contributed by atoms with van der Waals surface area (Å²) in [5.74, 6) is 0.794. The maximum Gasteiger partial charge on any atom is 0.180 e. The number of aliphatic hydroxyl groups excluding tert-OH is 1. The predicted octanol–water partition coefficient (Wildman–Crippen LogP) is 2.66. The Balaban J connectivity index is 2.16. The van der Waals surface area contributed by atoms with E-state index in [1.54, 1.807) is 25.3 Å². The van der Waals surface area contributed by atoms with Crippen molar-refractivity contribution in [2.24, 2.45) is 0 Å². The molecule has 2 aromatic rings. The summed E-state index contributed by atoms with van der Waals surface area (Å²) in [6.07, 6.45) is -0.965. The van der Waals surface area contributed by atoms with Crippen LogP contribution < -0.4 is 15.8 Å². The highest BCUT2D eigenvalue weighted by molar-refractivity contribution is 5.73. The molecule has 2 aromatic carbocycles. The molecule has 0 saturated carbocycles. The quantitative estimate of drug-likeness (QED) is 0.577. The van der Waals surface area contributed by atoms with Crippen molar-refractivity contribution in [1.82, 2.24) is 0 Å². The van der Waals surface area contributed by atoms with Crippen LogP contribution in [0.3, 0.4) is 0 Å². The highest BCUT2D eigenvalue weighted by Gasteiger charge is 2.08.